The second kappa shape index (κ2) is 7.23. The van der Waals surface area contributed by atoms with Gasteiger partial charge in [0.1, 0.15) is 0 Å². The SMILES string of the molecule is CN1CCN(c2ccc(Cl)c(Cl)c2)c2ccc(-c3cccnn3)cc2C1. The number of halogens is 2. The molecule has 0 radical (unpaired) electrons. The summed E-state index contributed by atoms with van der Waals surface area (Å²) in [6.07, 6.45) is 1.69. The van der Waals surface area contributed by atoms with E-state index in [1.807, 2.05) is 30.3 Å². The molecule has 4 nitrogen and oxygen atoms in total. The summed E-state index contributed by atoms with van der Waals surface area (Å²) in [6.45, 7) is 2.71. The van der Waals surface area contributed by atoms with Gasteiger partial charge in [0.05, 0.1) is 15.7 Å². The highest BCUT2D eigenvalue weighted by Crippen LogP contribution is 2.36. The van der Waals surface area contributed by atoms with E-state index >= 15 is 0 Å². The van der Waals surface area contributed by atoms with Crippen LogP contribution in [0.4, 0.5) is 11.4 Å². The van der Waals surface area contributed by atoms with Crippen LogP contribution in [0.1, 0.15) is 5.56 Å². The molecular weight excluding hydrogens is 367 g/mol. The molecule has 0 amide bonds. The van der Waals surface area contributed by atoms with Crippen LogP contribution in [0.15, 0.2) is 54.7 Å². The molecule has 0 spiro atoms. The van der Waals surface area contributed by atoms with Crippen molar-refractivity contribution < 1.29 is 0 Å². The molecule has 0 fully saturated rings. The van der Waals surface area contributed by atoms with Crippen molar-refractivity contribution in [3.05, 3.63) is 70.3 Å². The Kier molecular flexibility index (Phi) is 4.81. The number of anilines is 2. The summed E-state index contributed by atoms with van der Waals surface area (Å²) in [5.74, 6) is 0. The van der Waals surface area contributed by atoms with Crippen LogP contribution >= 0.6 is 23.2 Å². The zero-order chi connectivity index (χ0) is 18.1. The molecule has 4 rings (SSSR count). The second-order valence-electron chi connectivity index (χ2n) is 6.44. The van der Waals surface area contributed by atoms with Crippen LogP contribution in [0.3, 0.4) is 0 Å². The van der Waals surface area contributed by atoms with E-state index in [1.54, 1.807) is 6.20 Å². The maximum atomic E-state index is 6.25. The van der Waals surface area contributed by atoms with E-state index in [0.29, 0.717) is 10.0 Å². The normalized spacial score (nSPS) is 14.8. The summed E-state index contributed by atoms with van der Waals surface area (Å²) in [4.78, 5) is 4.61. The number of benzene rings is 2. The average molecular weight is 385 g/mol. The number of aromatic nitrogens is 2. The fourth-order valence-electron chi connectivity index (χ4n) is 3.27. The van der Waals surface area contributed by atoms with E-state index in [-0.39, 0.29) is 0 Å². The highest BCUT2D eigenvalue weighted by atomic mass is 35.5. The lowest BCUT2D eigenvalue weighted by atomic mass is 10.0. The van der Waals surface area contributed by atoms with Crippen molar-refractivity contribution in [3.8, 4) is 11.3 Å². The quantitative estimate of drug-likeness (QED) is 0.619. The van der Waals surface area contributed by atoms with Crippen molar-refractivity contribution in [2.24, 2.45) is 0 Å². The molecule has 0 N–H and O–H groups in total. The van der Waals surface area contributed by atoms with Gasteiger partial charge in [-0.25, -0.2) is 0 Å². The van der Waals surface area contributed by atoms with Gasteiger partial charge >= 0.3 is 0 Å². The Bertz CT molecular complexity index is 930. The van der Waals surface area contributed by atoms with Crippen molar-refractivity contribution in [1.29, 1.82) is 0 Å². The maximum Gasteiger partial charge on any atom is 0.0929 e. The lowest BCUT2D eigenvalue weighted by Crippen LogP contribution is -2.26. The molecule has 1 aliphatic rings. The number of hydrogen-bond acceptors (Lipinski definition) is 4. The fraction of sp³-hybridized carbons (Fsp3) is 0.200. The largest absolute Gasteiger partial charge is 0.340 e. The Hall–Kier alpha value is -2.14. The highest BCUT2D eigenvalue weighted by Gasteiger charge is 2.20. The molecule has 2 heterocycles. The van der Waals surface area contributed by atoms with Crippen molar-refractivity contribution >= 4 is 34.6 Å². The zero-order valence-electron chi connectivity index (χ0n) is 14.4. The third kappa shape index (κ3) is 3.40. The lowest BCUT2D eigenvalue weighted by molar-refractivity contribution is 0.343. The first kappa shape index (κ1) is 17.3. The first-order chi connectivity index (χ1) is 12.6. The molecule has 132 valence electrons. The first-order valence-electron chi connectivity index (χ1n) is 8.44. The molecule has 0 bridgehead atoms. The Labute approximate surface area is 163 Å². The van der Waals surface area contributed by atoms with Gasteiger partial charge in [-0.2, -0.15) is 10.2 Å². The minimum Gasteiger partial charge on any atom is -0.340 e. The van der Waals surface area contributed by atoms with Crippen LogP contribution < -0.4 is 4.90 Å². The molecule has 1 aliphatic heterocycles. The monoisotopic (exact) mass is 384 g/mol. The van der Waals surface area contributed by atoms with Crippen LogP contribution in [0.25, 0.3) is 11.3 Å². The predicted molar refractivity (Wildman–Crippen MR) is 107 cm³/mol. The van der Waals surface area contributed by atoms with E-state index < -0.39 is 0 Å². The van der Waals surface area contributed by atoms with Crippen molar-refractivity contribution in [1.82, 2.24) is 15.1 Å². The molecule has 2 aromatic carbocycles. The Morgan fingerprint density at radius 3 is 2.62 bits per heavy atom. The zero-order valence-corrected chi connectivity index (χ0v) is 15.9. The molecule has 1 aromatic heterocycles. The summed E-state index contributed by atoms with van der Waals surface area (Å²) < 4.78 is 0. The van der Waals surface area contributed by atoms with Gasteiger partial charge in [0.25, 0.3) is 0 Å². The minimum absolute atomic E-state index is 0.569. The van der Waals surface area contributed by atoms with E-state index in [9.17, 15) is 0 Å². The molecule has 3 aromatic rings. The Morgan fingerprint density at radius 1 is 0.962 bits per heavy atom. The average Bonchev–Trinajstić information content (AvgIpc) is 2.82. The van der Waals surface area contributed by atoms with Crippen LogP contribution in [-0.2, 0) is 6.54 Å². The topological polar surface area (TPSA) is 32.3 Å². The van der Waals surface area contributed by atoms with Crippen molar-refractivity contribution in [2.75, 3.05) is 25.0 Å². The summed E-state index contributed by atoms with van der Waals surface area (Å²) in [7, 11) is 2.14. The number of likely N-dealkylation sites (N-methyl/N-ethyl adjacent to an activating group) is 1. The van der Waals surface area contributed by atoms with Crippen LogP contribution in [0.5, 0.6) is 0 Å². The third-order valence-corrected chi connectivity index (χ3v) is 5.34. The van der Waals surface area contributed by atoms with Gasteiger partial charge in [0.15, 0.2) is 0 Å². The van der Waals surface area contributed by atoms with E-state index in [1.165, 1.54) is 11.3 Å². The van der Waals surface area contributed by atoms with Crippen LogP contribution in [0.2, 0.25) is 10.0 Å². The molecule has 6 heteroatoms. The van der Waals surface area contributed by atoms with Gasteiger partial charge in [0.2, 0.25) is 0 Å². The molecule has 0 unspecified atom stereocenters. The van der Waals surface area contributed by atoms with Gasteiger partial charge in [0, 0.05) is 42.8 Å². The Morgan fingerprint density at radius 2 is 1.85 bits per heavy atom. The minimum atomic E-state index is 0.569. The molecule has 0 saturated carbocycles. The van der Waals surface area contributed by atoms with Crippen LogP contribution in [-0.4, -0.2) is 35.2 Å². The molecule has 26 heavy (non-hydrogen) atoms. The van der Waals surface area contributed by atoms with Crippen molar-refractivity contribution in [2.45, 2.75) is 6.54 Å². The summed E-state index contributed by atoms with van der Waals surface area (Å²) >= 11 is 12.3. The van der Waals surface area contributed by atoms with Gasteiger partial charge in [-0.1, -0.05) is 29.3 Å². The standard InChI is InChI=1S/C20H18Cl2N4/c1-25-9-10-26(16-5-6-17(21)18(22)12-16)20-7-4-14(11-15(20)13-25)19-3-2-8-23-24-19/h2-8,11-12H,9-10,13H2,1H3. The van der Waals surface area contributed by atoms with Crippen LogP contribution in [0, 0.1) is 0 Å². The summed E-state index contributed by atoms with van der Waals surface area (Å²) in [5.41, 5.74) is 5.42. The third-order valence-electron chi connectivity index (χ3n) is 4.60. The number of nitrogens with zero attached hydrogens (tertiary/aromatic N) is 4. The number of fused-ring (bicyclic) bond motifs is 1. The fourth-order valence-corrected chi connectivity index (χ4v) is 3.56. The first-order valence-corrected chi connectivity index (χ1v) is 9.19. The Balaban J connectivity index is 1.79. The summed E-state index contributed by atoms with van der Waals surface area (Å²) in [6, 6.07) is 16.1. The summed E-state index contributed by atoms with van der Waals surface area (Å²) in [5, 5.41) is 9.36. The second-order valence-corrected chi connectivity index (χ2v) is 7.25. The van der Waals surface area contributed by atoms with E-state index in [0.717, 1.165) is 36.6 Å². The van der Waals surface area contributed by atoms with Gasteiger partial charge in [-0.05, 0) is 55.1 Å². The van der Waals surface area contributed by atoms with Gasteiger partial charge in [-0.3, -0.25) is 0 Å². The predicted octanol–water partition coefficient (Wildman–Crippen LogP) is 5.03. The van der Waals surface area contributed by atoms with E-state index in [4.69, 9.17) is 23.2 Å². The molecule has 0 saturated heterocycles. The van der Waals surface area contributed by atoms with Crippen molar-refractivity contribution in [3.63, 3.8) is 0 Å². The molecular formula is C20H18Cl2N4. The highest BCUT2D eigenvalue weighted by molar-refractivity contribution is 6.42. The van der Waals surface area contributed by atoms with E-state index in [2.05, 4.69) is 45.2 Å². The van der Waals surface area contributed by atoms with Gasteiger partial charge in [-0.15, -0.1) is 0 Å². The maximum absolute atomic E-state index is 6.25. The molecule has 0 atom stereocenters. The van der Waals surface area contributed by atoms with Gasteiger partial charge < -0.3 is 9.80 Å². The smallest absolute Gasteiger partial charge is 0.0929 e. The lowest BCUT2D eigenvalue weighted by Gasteiger charge is -2.25. The molecule has 0 aliphatic carbocycles. The number of rotatable bonds is 2. The number of hydrogen-bond donors (Lipinski definition) is 0.